The van der Waals surface area contributed by atoms with Crippen molar-refractivity contribution in [2.75, 3.05) is 24.6 Å². The van der Waals surface area contributed by atoms with Gasteiger partial charge in [-0.05, 0) is 26.7 Å². The van der Waals surface area contributed by atoms with Crippen LogP contribution in [0.5, 0.6) is 5.88 Å². The van der Waals surface area contributed by atoms with Gasteiger partial charge in [0.05, 0.1) is 24.9 Å². The first-order chi connectivity index (χ1) is 10.3. The van der Waals surface area contributed by atoms with Crippen molar-refractivity contribution in [2.24, 2.45) is 0 Å². The van der Waals surface area contributed by atoms with E-state index < -0.39 is 0 Å². The van der Waals surface area contributed by atoms with Gasteiger partial charge in [-0.15, -0.1) is 0 Å². The molecular weight excluding hydrogens is 270 g/mol. The monoisotopic (exact) mass is 289 g/mol. The molecule has 21 heavy (non-hydrogen) atoms. The Morgan fingerprint density at radius 1 is 1.38 bits per heavy atom. The molecule has 1 aliphatic heterocycles. The maximum absolute atomic E-state index is 5.41. The average Bonchev–Trinajstić information content (AvgIpc) is 2.95. The van der Waals surface area contributed by atoms with E-state index in [0.717, 1.165) is 31.7 Å². The number of aryl methyl sites for hydroxylation is 1. The molecule has 2 aromatic heterocycles. The van der Waals surface area contributed by atoms with Gasteiger partial charge < -0.3 is 14.2 Å². The largest absolute Gasteiger partial charge is 0.477 e. The fraction of sp³-hybridized carbons (Fsp3) is 0.571. The first kappa shape index (κ1) is 13.8. The summed E-state index contributed by atoms with van der Waals surface area (Å²) in [6.45, 7) is 6.12. The SMILES string of the molecule is CCOc1cncc(N2CCC[C@@H](c3nc(C)no3)C2)n1. The number of hydrogen-bond donors (Lipinski definition) is 0. The average molecular weight is 289 g/mol. The molecule has 3 rings (SSSR count). The van der Waals surface area contributed by atoms with Crippen molar-refractivity contribution >= 4 is 5.82 Å². The van der Waals surface area contributed by atoms with Gasteiger partial charge in [-0.25, -0.2) is 0 Å². The number of nitrogens with zero attached hydrogens (tertiary/aromatic N) is 5. The highest BCUT2D eigenvalue weighted by Crippen LogP contribution is 2.28. The number of rotatable bonds is 4. The topological polar surface area (TPSA) is 77.2 Å². The molecule has 1 aliphatic rings. The van der Waals surface area contributed by atoms with Crippen molar-refractivity contribution in [1.82, 2.24) is 20.1 Å². The van der Waals surface area contributed by atoms with E-state index in [9.17, 15) is 0 Å². The third kappa shape index (κ3) is 3.12. The highest BCUT2D eigenvalue weighted by atomic mass is 16.5. The molecule has 7 nitrogen and oxygen atoms in total. The van der Waals surface area contributed by atoms with Gasteiger partial charge in [0.1, 0.15) is 0 Å². The molecule has 0 aliphatic carbocycles. The molecule has 7 heteroatoms. The van der Waals surface area contributed by atoms with E-state index in [4.69, 9.17) is 9.26 Å². The Balaban J connectivity index is 1.75. The molecule has 1 fully saturated rings. The first-order valence-corrected chi connectivity index (χ1v) is 7.26. The Morgan fingerprint density at radius 2 is 2.29 bits per heavy atom. The highest BCUT2D eigenvalue weighted by Gasteiger charge is 2.26. The lowest BCUT2D eigenvalue weighted by Crippen LogP contribution is -2.35. The number of piperidine rings is 1. The Hall–Kier alpha value is -2.18. The molecule has 0 radical (unpaired) electrons. The standard InChI is InChI=1S/C14H19N5O2/c1-3-20-13-8-15-7-12(17-13)19-6-4-5-11(9-19)14-16-10(2)18-21-14/h7-8,11H,3-6,9H2,1-2H3/t11-/m1/s1. The van der Waals surface area contributed by atoms with Crippen LogP contribution >= 0.6 is 0 Å². The van der Waals surface area contributed by atoms with Crippen LogP contribution in [0.15, 0.2) is 16.9 Å². The van der Waals surface area contributed by atoms with E-state index in [1.807, 2.05) is 13.8 Å². The van der Waals surface area contributed by atoms with Gasteiger partial charge in [-0.1, -0.05) is 5.16 Å². The van der Waals surface area contributed by atoms with Crippen LogP contribution in [0.1, 0.15) is 37.4 Å². The van der Waals surface area contributed by atoms with Gasteiger partial charge in [0, 0.05) is 13.1 Å². The number of ether oxygens (including phenoxy) is 1. The molecule has 0 spiro atoms. The molecule has 0 saturated carbocycles. The van der Waals surface area contributed by atoms with E-state index in [1.54, 1.807) is 12.4 Å². The van der Waals surface area contributed by atoms with Crippen LogP contribution in [0.4, 0.5) is 5.82 Å². The van der Waals surface area contributed by atoms with E-state index in [2.05, 4.69) is 25.0 Å². The van der Waals surface area contributed by atoms with Gasteiger partial charge in [0.15, 0.2) is 11.6 Å². The summed E-state index contributed by atoms with van der Waals surface area (Å²) in [5.74, 6) is 3.04. The van der Waals surface area contributed by atoms with Crippen LogP contribution in [-0.4, -0.2) is 39.8 Å². The number of aromatic nitrogens is 4. The minimum Gasteiger partial charge on any atom is -0.477 e. The van der Waals surface area contributed by atoms with E-state index >= 15 is 0 Å². The van der Waals surface area contributed by atoms with Crippen LogP contribution in [0.25, 0.3) is 0 Å². The zero-order chi connectivity index (χ0) is 14.7. The maximum atomic E-state index is 5.41. The molecule has 1 saturated heterocycles. The van der Waals surface area contributed by atoms with Crippen LogP contribution in [-0.2, 0) is 0 Å². The van der Waals surface area contributed by atoms with Gasteiger partial charge in [-0.3, -0.25) is 4.98 Å². The molecule has 0 aromatic carbocycles. The van der Waals surface area contributed by atoms with Crippen molar-refractivity contribution in [3.63, 3.8) is 0 Å². The second-order valence-corrected chi connectivity index (χ2v) is 5.11. The third-order valence-electron chi connectivity index (χ3n) is 3.53. The lowest BCUT2D eigenvalue weighted by atomic mass is 9.98. The summed E-state index contributed by atoms with van der Waals surface area (Å²) in [5, 5.41) is 3.88. The fourth-order valence-corrected chi connectivity index (χ4v) is 2.57. The summed E-state index contributed by atoms with van der Waals surface area (Å²) in [6, 6.07) is 0. The predicted octanol–water partition coefficient (Wildman–Crippen LogP) is 1.95. The Kier molecular flexibility index (Phi) is 3.98. The lowest BCUT2D eigenvalue weighted by Gasteiger charge is -2.31. The van der Waals surface area contributed by atoms with Gasteiger partial charge in [0.25, 0.3) is 0 Å². The molecule has 1 atom stereocenters. The zero-order valence-corrected chi connectivity index (χ0v) is 12.3. The van der Waals surface area contributed by atoms with Crippen LogP contribution in [0.2, 0.25) is 0 Å². The van der Waals surface area contributed by atoms with Crippen molar-refractivity contribution in [3.05, 3.63) is 24.1 Å². The summed E-state index contributed by atoms with van der Waals surface area (Å²) >= 11 is 0. The zero-order valence-electron chi connectivity index (χ0n) is 12.3. The van der Waals surface area contributed by atoms with Crippen molar-refractivity contribution in [1.29, 1.82) is 0 Å². The fourth-order valence-electron chi connectivity index (χ4n) is 2.57. The molecule has 112 valence electrons. The third-order valence-corrected chi connectivity index (χ3v) is 3.53. The highest BCUT2D eigenvalue weighted by molar-refractivity contribution is 5.38. The lowest BCUT2D eigenvalue weighted by molar-refractivity contribution is 0.322. The normalized spacial score (nSPS) is 18.8. The molecule has 0 amide bonds. The Morgan fingerprint density at radius 3 is 3.05 bits per heavy atom. The minimum atomic E-state index is 0.248. The molecular formula is C14H19N5O2. The molecule has 0 bridgehead atoms. The summed E-state index contributed by atoms with van der Waals surface area (Å²) in [4.78, 5) is 15.2. The van der Waals surface area contributed by atoms with Crippen molar-refractivity contribution < 1.29 is 9.26 Å². The number of anilines is 1. The first-order valence-electron chi connectivity index (χ1n) is 7.26. The van der Waals surface area contributed by atoms with E-state index in [0.29, 0.717) is 24.2 Å². The van der Waals surface area contributed by atoms with Gasteiger partial charge >= 0.3 is 0 Å². The molecule has 0 unspecified atom stereocenters. The van der Waals surface area contributed by atoms with E-state index in [-0.39, 0.29) is 5.92 Å². The second kappa shape index (κ2) is 6.07. The van der Waals surface area contributed by atoms with Crippen LogP contribution in [0, 0.1) is 6.92 Å². The quantitative estimate of drug-likeness (QED) is 0.851. The van der Waals surface area contributed by atoms with Gasteiger partial charge in [0.2, 0.25) is 11.8 Å². The summed E-state index contributed by atoms with van der Waals surface area (Å²) in [5.41, 5.74) is 0. The van der Waals surface area contributed by atoms with Gasteiger partial charge in [-0.2, -0.15) is 9.97 Å². The maximum Gasteiger partial charge on any atom is 0.234 e. The Labute approximate surface area is 123 Å². The van der Waals surface area contributed by atoms with Crippen molar-refractivity contribution in [2.45, 2.75) is 32.6 Å². The molecule has 2 aromatic rings. The Bertz CT molecular complexity index is 601. The summed E-state index contributed by atoms with van der Waals surface area (Å²) in [7, 11) is 0. The predicted molar refractivity (Wildman–Crippen MR) is 76.4 cm³/mol. The van der Waals surface area contributed by atoms with Crippen molar-refractivity contribution in [3.8, 4) is 5.88 Å². The summed E-state index contributed by atoms with van der Waals surface area (Å²) < 4.78 is 10.7. The molecule has 3 heterocycles. The molecule has 0 N–H and O–H groups in total. The minimum absolute atomic E-state index is 0.248. The summed E-state index contributed by atoms with van der Waals surface area (Å²) in [6.07, 6.45) is 5.52. The van der Waals surface area contributed by atoms with Crippen LogP contribution in [0.3, 0.4) is 0 Å². The van der Waals surface area contributed by atoms with E-state index in [1.165, 1.54) is 0 Å². The second-order valence-electron chi connectivity index (χ2n) is 5.11. The van der Waals surface area contributed by atoms with Crippen LogP contribution < -0.4 is 9.64 Å². The smallest absolute Gasteiger partial charge is 0.234 e. The number of hydrogen-bond acceptors (Lipinski definition) is 7.